The summed E-state index contributed by atoms with van der Waals surface area (Å²) in [7, 11) is 0. The van der Waals surface area contributed by atoms with Crippen LogP contribution in [0.4, 0.5) is 14.5 Å². The zero-order chi connectivity index (χ0) is 15.1. The van der Waals surface area contributed by atoms with E-state index in [-0.39, 0.29) is 5.69 Å². The molecule has 2 N–H and O–H groups in total. The van der Waals surface area contributed by atoms with Gasteiger partial charge in [0.1, 0.15) is 5.92 Å². The molecule has 1 fully saturated rings. The molecule has 4 unspecified atom stereocenters. The Morgan fingerprint density at radius 1 is 1.10 bits per heavy atom. The predicted molar refractivity (Wildman–Crippen MR) is 67.4 cm³/mol. The van der Waals surface area contributed by atoms with Crippen molar-refractivity contribution in [3.05, 3.63) is 42.0 Å². The number of halogens is 2. The molecule has 3 rings (SSSR count). The second kappa shape index (κ2) is 4.92. The lowest BCUT2D eigenvalue weighted by Gasteiger charge is -2.21. The predicted octanol–water partition coefficient (Wildman–Crippen LogP) is 1.56. The fraction of sp³-hybridized carbons (Fsp3) is 0.286. The Morgan fingerprint density at radius 3 is 2.38 bits per heavy atom. The van der Waals surface area contributed by atoms with Gasteiger partial charge in [0.2, 0.25) is 5.91 Å². The highest BCUT2D eigenvalue weighted by Crippen LogP contribution is 2.39. The van der Waals surface area contributed by atoms with Gasteiger partial charge in [0.25, 0.3) is 0 Å². The Hall–Kier alpha value is -2.28. The number of ether oxygens (including phenoxy) is 1. The molecule has 2 heterocycles. The molecule has 1 aromatic carbocycles. The van der Waals surface area contributed by atoms with Crippen molar-refractivity contribution in [3.8, 4) is 0 Å². The van der Waals surface area contributed by atoms with Crippen LogP contribution in [0.5, 0.6) is 0 Å². The number of rotatable bonds is 3. The van der Waals surface area contributed by atoms with Gasteiger partial charge in [-0.2, -0.15) is 0 Å². The Bertz CT molecular complexity index is 646. The van der Waals surface area contributed by atoms with Crippen LogP contribution in [0.15, 0.2) is 30.4 Å². The standard InChI is InChI=1S/C14H11F2NO4/c15-7-2-1-6(5-8(7)16)17-13(18)11-9-3-4-10(21-9)12(11)14(19)20/h1-5,9-12H,(H,17,18)(H,19,20). The van der Waals surface area contributed by atoms with E-state index in [9.17, 15) is 23.5 Å². The van der Waals surface area contributed by atoms with Gasteiger partial charge in [-0.15, -0.1) is 0 Å². The molecule has 1 amide bonds. The van der Waals surface area contributed by atoms with Gasteiger partial charge in [0.05, 0.1) is 18.1 Å². The summed E-state index contributed by atoms with van der Waals surface area (Å²) in [6.45, 7) is 0. The van der Waals surface area contributed by atoms with Gasteiger partial charge < -0.3 is 15.2 Å². The molecule has 7 heteroatoms. The third-order valence-corrected chi connectivity index (χ3v) is 3.67. The van der Waals surface area contributed by atoms with Crippen LogP contribution in [0.2, 0.25) is 0 Å². The lowest BCUT2D eigenvalue weighted by atomic mass is 9.82. The van der Waals surface area contributed by atoms with Crippen LogP contribution >= 0.6 is 0 Å². The number of fused-ring (bicyclic) bond motifs is 2. The Kier molecular flexibility index (Phi) is 3.21. The summed E-state index contributed by atoms with van der Waals surface area (Å²) >= 11 is 0. The fourth-order valence-electron chi connectivity index (χ4n) is 2.71. The molecule has 1 aromatic rings. The molecule has 0 aliphatic carbocycles. The molecule has 0 aromatic heterocycles. The summed E-state index contributed by atoms with van der Waals surface area (Å²) in [6.07, 6.45) is 2.01. The van der Waals surface area contributed by atoms with Crippen molar-refractivity contribution < 1.29 is 28.2 Å². The van der Waals surface area contributed by atoms with E-state index < -0.39 is 47.6 Å². The lowest BCUT2D eigenvalue weighted by Crippen LogP contribution is -2.39. The molecule has 0 saturated carbocycles. The molecule has 2 bridgehead atoms. The van der Waals surface area contributed by atoms with Crippen molar-refractivity contribution in [2.24, 2.45) is 11.8 Å². The number of hydrogen-bond donors (Lipinski definition) is 2. The number of carboxylic acids is 1. The third kappa shape index (κ3) is 2.29. The number of carbonyl (C=O) groups is 2. The van der Waals surface area contributed by atoms with E-state index in [1.54, 1.807) is 12.2 Å². The highest BCUT2D eigenvalue weighted by molar-refractivity contribution is 5.96. The monoisotopic (exact) mass is 295 g/mol. The zero-order valence-corrected chi connectivity index (χ0v) is 10.6. The van der Waals surface area contributed by atoms with E-state index in [2.05, 4.69) is 5.32 Å². The zero-order valence-electron chi connectivity index (χ0n) is 10.6. The number of benzene rings is 1. The van der Waals surface area contributed by atoms with Crippen molar-refractivity contribution in [2.45, 2.75) is 12.2 Å². The lowest BCUT2D eigenvalue weighted by molar-refractivity contribution is -0.145. The highest BCUT2D eigenvalue weighted by Gasteiger charge is 2.53. The van der Waals surface area contributed by atoms with Gasteiger partial charge >= 0.3 is 5.97 Å². The number of anilines is 1. The largest absolute Gasteiger partial charge is 0.481 e. The number of amides is 1. The van der Waals surface area contributed by atoms with Crippen LogP contribution in [-0.2, 0) is 14.3 Å². The average Bonchev–Trinajstić information content (AvgIpc) is 3.03. The van der Waals surface area contributed by atoms with Crippen LogP contribution in [0.25, 0.3) is 0 Å². The van der Waals surface area contributed by atoms with Gasteiger partial charge in [-0.3, -0.25) is 9.59 Å². The van der Waals surface area contributed by atoms with Crippen molar-refractivity contribution in [1.82, 2.24) is 0 Å². The maximum Gasteiger partial charge on any atom is 0.310 e. The van der Waals surface area contributed by atoms with E-state index >= 15 is 0 Å². The van der Waals surface area contributed by atoms with E-state index in [1.165, 1.54) is 6.07 Å². The normalized spacial score (nSPS) is 29.6. The molecule has 21 heavy (non-hydrogen) atoms. The quantitative estimate of drug-likeness (QED) is 0.830. The number of aliphatic carboxylic acids is 1. The molecular formula is C14H11F2NO4. The summed E-state index contributed by atoms with van der Waals surface area (Å²) < 4.78 is 31.3. The van der Waals surface area contributed by atoms with Crippen molar-refractivity contribution in [3.63, 3.8) is 0 Å². The fourth-order valence-corrected chi connectivity index (χ4v) is 2.71. The molecule has 2 aliphatic heterocycles. The molecule has 1 saturated heterocycles. The topological polar surface area (TPSA) is 75.6 Å². The Labute approximate surface area is 118 Å². The van der Waals surface area contributed by atoms with Crippen LogP contribution in [0, 0.1) is 23.5 Å². The summed E-state index contributed by atoms with van der Waals surface area (Å²) in [5.74, 6) is -5.72. The summed E-state index contributed by atoms with van der Waals surface area (Å²) in [4.78, 5) is 23.5. The van der Waals surface area contributed by atoms with Crippen LogP contribution in [-0.4, -0.2) is 29.2 Å². The molecule has 4 atom stereocenters. The van der Waals surface area contributed by atoms with Gasteiger partial charge in [-0.25, -0.2) is 8.78 Å². The van der Waals surface area contributed by atoms with E-state index in [0.29, 0.717) is 0 Å². The van der Waals surface area contributed by atoms with Gasteiger partial charge in [0.15, 0.2) is 11.6 Å². The molecule has 0 radical (unpaired) electrons. The molecule has 110 valence electrons. The summed E-state index contributed by atoms with van der Waals surface area (Å²) in [5, 5.41) is 11.6. The maximum absolute atomic E-state index is 13.1. The second-order valence-electron chi connectivity index (χ2n) is 4.96. The maximum atomic E-state index is 13.1. The van der Waals surface area contributed by atoms with Crippen molar-refractivity contribution in [2.75, 3.05) is 5.32 Å². The SMILES string of the molecule is O=C(O)C1C2C=CC(O2)C1C(=O)Nc1ccc(F)c(F)c1. The number of nitrogens with one attached hydrogen (secondary N) is 1. The Balaban J connectivity index is 1.80. The molecule has 2 aliphatic rings. The summed E-state index contributed by atoms with van der Waals surface area (Å²) in [6, 6.07) is 2.93. The number of carboxylic acid groups (broad SMARTS) is 1. The Morgan fingerprint density at radius 2 is 1.76 bits per heavy atom. The van der Waals surface area contributed by atoms with Crippen molar-refractivity contribution in [1.29, 1.82) is 0 Å². The van der Waals surface area contributed by atoms with E-state index in [0.717, 1.165) is 12.1 Å². The minimum atomic E-state index is -1.13. The molecular weight excluding hydrogens is 284 g/mol. The first-order chi connectivity index (χ1) is 9.97. The first kappa shape index (κ1) is 13.7. The highest BCUT2D eigenvalue weighted by atomic mass is 19.2. The van der Waals surface area contributed by atoms with Crippen LogP contribution < -0.4 is 5.32 Å². The summed E-state index contributed by atoms with van der Waals surface area (Å²) in [5.41, 5.74) is 0.0646. The number of carbonyl (C=O) groups excluding carboxylic acids is 1. The van der Waals surface area contributed by atoms with Crippen molar-refractivity contribution >= 4 is 17.6 Å². The smallest absolute Gasteiger partial charge is 0.310 e. The van der Waals surface area contributed by atoms with Crippen LogP contribution in [0.3, 0.4) is 0 Å². The van der Waals surface area contributed by atoms with Crippen LogP contribution in [0.1, 0.15) is 0 Å². The minimum absolute atomic E-state index is 0.0646. The molecule has 0 spiro atoms. The van der Waals surface area contributed by atoms with Gasteiger partial charge in [-0.1, -0.05) is 12.2 Å². The first-order valence-electron chi connectivity index (χ1n) is 6.30. The second-order valence-corrected chi connectivity index (χ2v) is 4.96. The first-order valence-corrected chi connectivity index (χ1v) is 6.30. The molecule has 5 nitrogen and oxygen atoms in total. The van der Waals surface area contributed by atoms with E-state index in [4.69, 9.17) is 4.74 Å². The van der Waals surface area contributed by atoms with Gasteiger partial charge in [-0.05, 0) is 12.1 Å². The van der Waals surface area contributed by atoms with E-state index in [1.807, 2.05) is 0 Å². The van der Waals surface area contributed by atoms with Gasteiger partial charge in [0, 0.05) is 11.8 Å². The third-order valence-electron chi connectivity index (χ3n) is 3.67. The number of hydrogen-bond acceptors (Lipinski definition) is 3. The minimum Gasteiger partial charge on any atom is -0.481 e. The average molecular weight is 295 g/mol.